The van der Waals surface area contributed by atoms with Gasteiger partial charge < -0.3 is 14.2 Å². The highest BCUT2D eigenvalue weighted by atomic mass is 16.6. The third-order valence-electron chi connectivity index (χ3n) is 13.0. The highest BCUT2D eigenvalue weighted by molar-refractivity contribution is 5.71. The standard InChI is InChI=1S/C63H112O6/c1-4-7-10-13-16-19-22-25-28-29-30-31-32-33-36-38-41-44-47-50-53-56-62(65)68-59-60(69-63(66)57-54-51-48-45-42-39-35-27-24-21-18-15-12-9-6-3)58-67-61(64)55-52-49-46-43-40-37-34-26-23-20-17-14-11-8-5-2/h17,20,25-28,34-35,40,43,60H,4-16,18-19,21-24,29-33,36-39,41-42,44-59H2,1-3H3/b20-17-,28-25-,34-26-,35-27-,43-40-/t60-/m1/s1. The zero-order valence-electron chi connectivity index (χ0n) is 45.8. The van der Waals surface area contributed by atoms with Crippen LogP contribution in [0.2, 0.25) is 0 Å². The van der Waals surface area contributed by atoms with Gasteiger partial charge in [0.25, 0.3) is 0 Å². The second-order valence-electron chi connectivity index (χ2n) is 19.9. The molecule has 0 aliphatic rings. The molecule has 0 aliphatic carbocycles. The number of rotatable bonds is 54. The molecule has 0 rings (SSSR count). The summed E-state index contributed by atoms with van der Waals surface area (Å²) in [6.07, 6.45) is 72.2. The number of hydrogen-bond donors (Lipinski definition) is 0. The Bertz CT molecular complexity index is 1250. The summed E-state index contributed by atoms with van der Waals surface area (Å²) in [4.78, 5) is 38.2. The molecule has 0 N–H and O–H groups in total. The summed E-state index contributed by atoms with van der Waals surface area (Å²) in [5, 5.41) is 0. The molecule has 6 heteroatoms. The van der Waals surface area contributed by atoms with E-state index in [1.54, 1.807) is 0 Å². The van der Waals surface area contributed by atoms with E-state index in [4.69, 9.17) is 14.2 Å². The van der Waals surface area contributed by atoms with E-state index in [2.05, 4.69) is 81.5 Å². The first kappa shape index (κ1) is 66.1. The van der Waals surface area contributed by atoms with Gasteiger partial charge in [-0.3, -0.25) is 14.4 Å². The van der Waals surface area contributed by atoms with Gasteiger partial charge >= 0.3 is 17.9 Å². The van der Waals surface area contributed by atoms with Crippen LogP contribution in [0, 0.1) is 0 Å². The molecule has 400 valence electrons. The van der Waals surface area contributed by atoms with Crippen molar-refractivity contribution in [2.24, 2.45) is 0 Å². The Kier molecular flexibility index (Phi) is 55.3. The number of esters is 3. The van der Waals surface area contributed by atoms with Crippen LogP contribution in [0.1, 0.15) is 303 Å². The average molecular weight is 966 g/mol. The van der Waals surface area contributed by atoms with E-state index >= 15 is 0 Å². The van der Waals surface area contributed by atoms with Crippen LogP contribution in [0.25, 0.3) is 0 Å². The van der Waals surface area contributed by atoms with Gasteiger partial charge in [-0.1, -0.05) is 236 Å². The van der Waals surface area contributed by atoms with Crippen LogP contribution in [0.3, 0.4) is 0 Å². The Morgan fingerprint density at radius 3 is 0.884 bits per heavy atom. The fourth-order valence-corrected chi connectivity index (χ4v) is 8.44. The second-order valence-corrected chi connectivity index (χ2v) is 19.9. The zero-order chi connectivity index (χ0) is 50.0. The molecular weight excluding hydrogens is 853 g/mol. The quantitative estimate of drug-likeness (QED) is 0.0262. The summed E-state index contributed by atoms with van der Waals surface area (Å²) < 4.78 is 16.8. The van der Waals surface area contributed by atoms with Crippen molar-refractivity contribution in [3.8, 4) is 0 Å². The van der Waals surface area contributed by atoms with Crippen LogP contribution in [0.5, 0.6) is 0 Å². The number of ether oxygens (including phenoxy) is 3. The molecular formula is C63H112O6. The van der Waals surface area contributed by atoms with E-state index in [-0.39, 0.29) is 31.1 Å². The first-order chi connectivity index (χ1) is 34.0. The summed E-state index contributed by atoms with van der Waals surface area (Å²) in [5.41, 5.74) is 0. The van der Waals surface area contributed by atoms with Crippen LogP contribution in [0.15, 0.2) is 60.8 Å². The maximum atomic E-state index is 12.9. The molecule has 0 aromatic rings. The van der Waals surface area contributed by atoms with Gasteiger partial charge in [-0.15, -0.1) is 0 Å². The van der Waals surface area contributed by atoms with Crippen molar-refractivity contribution < 1.29 is 28.6 Å². The van der Waals surface area contributed by atoms with E-state index in [0.717, 1.165) is 83.5 Å². The Morgan fingerprint density at radius 2 is 0.522 bits per heavy atom. The summed E-state index contributed by atoms with van der Waals surface area (Å²) in [6.45, 7) is 6.59. The lowest BCUT2D eigenvalue weighted by Gasteiger charge is -2.18. The summed E-state index contributed by atoms with van der Waals surface area (Å²) in [6, 6.07) is 0. The van der Waals surface area contributed by atoms with Crippen LogP contribution in [0.4, 0.5) is 0 Å². The average Bonchev–Trinajstić information content (AvgIpc) is 3.35. The minimum atomic E-state index is -0.794. The number of hydrogen-bond acceptors (Lipinski definition) is 6. The molecule has 1 atom stereocenters. The summed E-state index contributed by atoms with van der Waals surface area (Å²) in [5.74, 6) is -0.926. The highest BCUT2D eigenvalue weighted by Gasteiger charge is 2.19. The Balaban J connectivity index is 4.38. The Morgan fingerprint density at radius 1 is 0.290 bits per heavy atom. The van der Waals surface area contributed by atoms with Crippen LogP contribution in [-0.4, -0.2) is 37.2 Å². The van der Waals surface area contributed by atoms with Gasteiger partial charge in [0.15, 0.2) is 6.10 Å². The largest absolute Gasteiger partial charge is 0.462 e. The topological polar surface area (TPSA) is 78.9 Å². The van der Waals surface area contributed by atoms with Crippen LogP contribution >= 0.6 is 0 Å². The fraction of sp³-hybridized carbons (Fsp3) is 0.794. The van der Waals surface area contributed by atoms with E-state index in [1.807, 2.05) is 0 Å². The molecule has 0 aliphatic heterocycles. The minimum absolute atomic E-state index is 0.0886. The lowest BCUT2D eigenvalue weighted by atomic mass is 10.0. The number of carbonyl (C=O) groups is 3. The third kappa shape index (κ3) is 55.9. The Labute approximate surface area is 428 Å². The third-order valence-corrected chi connectivity index (χ3v) is 13.0. The van der Waals surface area contributed by atoms with Crippen molar-refractivity contribution >= 4 is 17.9 Å². The lowest BCUT2D eigenvalue weighted by molar-refractivity contribution is -0.167. The van der Waals surface area contributed by atoms with Gasteiger partial charge in [0, 0.05) is 19.3 Å². The van der Waals surface area contributed by atoms with E-state index in [0.29, 0.717) is 19.3 Å². The Hall–Kier alpha value is -2.89. The zero-order valence-corrected chi connectivity index (χ0v) is 45.8. The van der Waals surface area contributed by atoms with E-state index in [1.165, 1.54) is 180 Å². The molecule has 69 heavy (non-hydrogen) atoms. The molecule has 6 nitrogen and oxygen atoms in total. The van der Waals surface area contributed by atoms with Crippen molar-refractivity contribution in [3.63, 3.8) is 0 Å². The van der Waals surface area contributed by atoms with Gasteiger partial charge in [0.1, 0.15) is 13.2 Å². The predicted octanol–water partition coefficient (Wildman–Crippen LogP) is 20.0. The fourth-order valence-electron chi connectivity index (χ4n) is 8.44. The molecule has 0 saturated heterocycles. The molecule has 0 aromatic carbocycles. The van der Waals surface area contributed by atoms with Gasteiger partial charge in [0.05, 0.1) is 0 Å². The molecule has 0 amide bonds. The molecule has 0 fully saturated rings. The van der Waals surface area contributed by atoms with E-state index in [9.17, 15) is 14.4 Å². The first-order valence-corrected chi connectivity index (χ1v) is 29.8. The normalized spacial score (nSPS) is 12.4. The van der Waals surface area contributed by atoms with Crippen LogP contribution in [-0.2, 0) is 28.6 Å². The second kappa shape index (κ2) is 57.7. The maximum Gasteiger partial charge on any atom is 0.306 e. The van der Waals surface area contributed by atoms with Crippen LogP contribution < -0.4 is 0 Å². The summed E-state index contributed by atoms with van der Waals surface area (Å²) >= 11 is 0. The lowest BCUT2D eigenvalue weighted by Crippen LogP contribution is -2.30. The smallest absolute Gasteiger partial charge is 0.306 e. The minimum Gasteiger partial charge on any atom is -0.462 e. The van der Waals surface area contributed by atoms with Crippen molar-refractivity contribution in [2.45, 2.75) is 309 Å². The number of carbonyl (C=O) groups excluding carboxylic acids is 3. The van der Waals surface area contributed by atoms with E-state index < -0.39 is 6.10 Å². The SMILES string of the molecule is CCCCC/C=C\C/C=C\C/C=C\CCCCC(=O)OC[C@H](COC(=O)CCCCCCCCCCCCC/C=C\CCCCCCCC)OC(=O)CCCCCCC/C=C\CCCCCCCC. The van der Waals surface area contributed by atoms with Gasteiger partial charge in [-0.2, -0.15) is 0 Å². The highest BCUT2D eigenvalue weighted by Crippen LogP contribution is 2.15. The number of allylic oxidation sites excluding steroid dienone is 10. The molecule has 0 radical (unpaired) electrons. The first-order valence-electron chi connectivity index (χ1n) is 29.8. The maximum absolute atomic E-state index is 12.9. The predicted molar refractivity (Wildman–Crippen MR) is 298 cm³/mol. The number of unbranched alkanes of at least 4 members (excludes halogenated alkanes) is 33. The monoisotopic (exact) mass is 965 g/mol. The van der Waals surface area contributed by atoms with Crippen molar-refractivity contribution in [1.82, 2.24) is 0 Å². The van der Waals surface area contributed by atoms with Gasteiger partial charge in [0.2, 0.25) is 0 Å². The van der Waals surface area contributed by atoms with Gasteiger partial charge in [-0.05, 0) is 109 Å². The molecule has 0 aromatic heterocycles. The molecule has 0 spiro atoms. The van der Waals surface area contributed by atoms with Crippen molar-refractivity contribution in [1.29, 1.82) is 0 Å². The molecule has 0 bridgehead atoms. The molecule has 0 unspecified atom stereocenters. The molecule has 0 heterocycles. The van der Waals surface area contributed by atoms with Crippen molar-refractivity contribution in [3.05, 3.63) is 60.8 Å². The summed E-state index contributed by atoms with van der Waals surface area (Å²) in [7, 11) is 0. The molecule has 0 saturated carbocycles. The van der Waals surface area contributed by atoms with Gasteiger partial charge in [-0.25, -0.2) is 0 Å². The van der Waals surface area contributed by atoms with Crippen molar-refractivity contribution in [2.75, 3.05) is 13.2 Å².